The van der Waals surface area contributed by atoms with Gasteiger partial charge in [-0.05, 0) is 36.4 Å². The summed E-state index contributed by atoms with van der Waals surface area (Å²) in [5.74, 6) is -0.503. The molecule has 1 amide bonds. The zero-order valence-electron chi connectivity index (χ0n) is 11.7. The first-order chi connectivity index (χ1) is 10.1. The fourth-order valence-corrected chi connectivity index (χ4v) is 2.11. The topological polar surface area (TPSA) is 61.4 Å². The van der Waals surface area contributed by atoms with Gasteiger partial charge in [0.05, 0.1) is 5.56 Å². The highest BCUT2D eigenvalue weighted by atomic mass is 35.5. The fourth-order valence-electron chi connectivity index (χ4n) is 1.94. The van der Waals surface area contributed by atoms with Crippen molar-refractivity contribution in [2.75, 3.05) is 11.9 Å². The van der Waals surface area contributed by atoms with Crippen LogP contribution in [-0.4, -0.2) is 17.6 Å². The van der Waals surface area contributed by atoms with Crippen molar-refractivity contribution in [2.24, 2.45) is 0 Å². The number of hydrogen-bond donors (Lipinski definition) is 3. The number of benzene rings is 2. The first kappa shape index (κ1) is 15.4. The van der Waals surface area contributed by atoms with Crippen LogP contribution in [0.1, 0.15) is 22.8 Å². The standard InChI is InChI=1S/C16H17ClN2O2/c1-2-18-10-11-5-3-4-6-14(11)19-16(21)13-8-7-12(17)9-15(13)20/h3-9,18,20H,2,10H2,1H3,(H,19,21). The van der Waals surface area contributed by atoms with Crippen LogP contribution in [0.4, 0.5) is 5.69 Å². The van der Waals surface area contributed by atoms with E-state index in [-0.39, 0.29) is 17.2 Å². The average Bonchev–Trinajstić information content (AvgIpc) is 2.46. The Kier molecular flexibility index (Phi) is 5.20. The van der Waals surface area contributed by atoms with Crippen LogP contribution in [0.2, 0.25) is 5.02 Å². The molecule has 0 atom stereocenters. The van der Waals surface area contributed by atoms with Crippen LogP contribution in [0, 0.1) is 0 Å². The molecule has 4 nitrogen and oxygen atoms in total. The molecule has 0 fully saturated rings. The Morgan fingerprint density at radius 2 is 2.00 bits per heavy atom. The third kappa shape index (κ3) is 3.97. The van der Waals surface area contributed by atoms with Gasteiger partial charge in [-0.3, -0.25) is 4.79 Å². The molecule has 2 aromatic carbocycles. The van der Waals surface area contributed by atoms with Crippen molar-refractivity contribution in [1.82, 2.24) is 5.32 Å². The number of phenolic OH excluding ortho intramolecular Hbond substituents is 1. The molecule has 5 heteroatoms. The van der Waals surface area contributed by atoms with Crippen LogP contribution in [0.25, 0.3) is 0 Å². The molecule has 0 unspecified atom stereocenters. The minimum Gasteiger partial charge on any atom is -0.507 e. The summed E-state index contributed by atoms with van der Waals surface area (Å²) < 4.78 is 0. The second kappa shape index (κ2) is 7.11. The summed E-state index contributed by atoms with van der Waals surface area (Å²) in [6.07, 6.45) is 0. The van der Waals surface area contributed by atoms with Crippen molar-refractivity contribution < 1.29 is 9.90 Å². The van der Waals surface area contributed by atoms with Crippen LogP contribution in [0.5, 0.6) is 5.75 Å². The summed E-state index contributed by atoms with van der Waals surface area (Å²) in [6, 6.07) is 12.0. The van der Waals surface area contributed by atoms with Crippen molar-refractivity contribution in [3.63, 3.8) is 0 Å². The van der Waals surface area contributed by atoms with Gasteiger partial charge in [0.15, 0.2) is 0 Å². The number of halogens is 1. The molecule has 2 rings (SSSR count). The summed E-state index contributed by atoms with van der Waals surface area (Å²) in [6.45, 7) is 3.53. The first-order valence-electron chi connectivity index (χ1n) is 6.70. The number of aromatic hydroxyl groups is 1. The third-order valence-corrected chi connectivity index (χ3v) is 3.27. The zero-order chi connectivity index (χ0) is 15.2. The molecule has 0 aliphatic carbocycles. The lowest BCUT2D eigenvalue weighted by Gasteiger charge is -2.12. The lowest BCUT2D eigenvalue weighted by atomic mass is 10.1. The third-order valence-electron chi connectivity index (χ3n) is 3.04. The minimum absolute atomic E-state index is 0.135. The highest BCUT2D eigenvalue weighted by Crippen LogP contribution is 2.23. The maximum absolute atomic E-state index is 12.2. The van der Waals surface area contributed by atoms with Gasteiger partial charge < -0.3 is 15.7 Å². The molecule has 0 aliphatic heterocycles. The Balaban J connectivity index is 2.19. The molecule has 0 saturated heterocycles. The molecule has 0 aromatic heterocycles. The van der Waals surface area contributed by atoms with E-state index in [0.717, 1.165) is 17.8 Å². The lowest BCUT2D eigenvalue weighted by molar-refractivity contribution is 0.102. The van der Waals surface area contributed by atoms with E-state index < -0.39 is 0 Å². The number of hydrogen-bond acceptors (Lipinski definition) is 3. The Bertz CT molecular complexity index is 644. The highest BCUT2D eigenvalue weighted by Gasteiger charge is 2.13. The Morgan fingerprint density at radius 1 is 1.24 bits per heavy atom. The number of carbonyl (C=O) groups excluding carboxylic acids is 1. The molecule has 21 heavy (non-hydrogen) atoms. The van der Waals surface area contributed by atoms with Crippen molar-refractivity contribution in [3.8, 4) is 5.75 Å². The monoisotopic (exact) mass is 304 g/mol. The van der Waals surface area contributed by atoms with Gasteiger partial charge in [-0.2, -0.15) is 0 Å². The number of para-hydroxylation sites is 1. The van der Waals surface area contributed by atoms with Crippen LogP contribution in [-0.2, 0) is 6.54 Å². The molecule has 0 bridgehead atoms. The predicted octanol–water partition coefficient (Wildman–Crippen LogP) is 3.41. The molecule has 3 N–H and O–H groups in total. The number of phenols is 1. The number of amides is 1. The fraction of sp³-hybridized carbons (Fsp3) is 0.188. The van der Waals surface area contributed by atoms with E-state index in [4.69, 9.17) is 11.6 Å². The number of carbonyl (C=O) groups is 1. The molecular formula is C16H17ClN2O2. The summed E-state index contributed by atoms with van der Waals surface area (Å²) >= 11 is 5.76. The molecule has 0 saturated carbocycles. The second-order valence-corrected chi connectivity index (χ2v) is 4.99. The second-order valence-electron chi connectivity index (χ2n) is 4.55. The molecule has 0 radical (unpaired) electrons. The van der Waals surface area contributed by atoms with E-state index in [1.165, 1.54) is 12.1 Å². The summed E-state index contributed by atoms with van der Waals surface area (Å²) in [7, 11) is 0. The van der Waals surface area contributed by atoms with E-state index in [2.05, 4.69) is 10.6 Å². The SMILES string of the molecule is CCNCc1ccccc1NC(=O)c1ccc(Cl)cc1O. The smallest absolute Gasteiger partial charge is 0.259 e. The number of anilines is 1. The molecule has 0 spiro atoms. The van der Waals surface area contributed by atoms with Crippen molar-refractivity contribution in [3.05, 3.63) is 58.6 Å². The molecule has 0 heterocycles. The normalized spacial score (nSPS) is 10.4. The van der Waals surface area contributed by atoms with Crippen LogP contribution in [0.15, 0.2) is 42.5 Å². The van der Waals surface area contributed by atoms with Gasteiger partial charge in [-0.15, -0.1) is 0 Å². The predicted molar refractivity (Wildman–Crippen MR) is 84.9 cm³/mol. The largest absolute Gasteiger partial charge is 0.507 e. The summed E-state index contributed by atoms with van der Waals surface area (Å²) in [5.41, 5.74) is 1.90. The van der Waals surface area contributed by atoms with Crippen LogP contribution < -0.4 is 10.6 Å². The van der Waals surface area contributed by atoms with E-state index in [1.807, 2.05) is 31.2 Å². The minimum atomic E-state index is -0.367. The van der Waals surface area contributed by atoms with E-state index in [9.17, 15) is 9.90 Å². The van der Waals surface area contributed by atoms with Gasteiger partial charge in [0.25, 0.3) is 5.91 Å². The molecule has 0 aliphatic rings. The van der Waals surface area contributed by atoms with E-state index >= 15 is 0 Å². The Hall–Kier alpha value is -2.04. The average molecular weight is 305 g/mol. The quantitative estimate of drug-likeness (QED) is 0.793. The highest BCUT2D eigenvalue weighted by molar-refractivity contribution is 6.31. The summed E-state index contributed by atoms with van der Waals surface area (Å²) in [4.78, 5) is 12.2. The number of rotatable bonds is 5. The van der Waals surface area contributed by atoms with Crippen molar-refractivity contribution >= 4 is 23.2 Å². The lowest BCUT2D eigenvalue weighted by Crippen LogP contribution is -2.17. The number of nitrogens with one attached hydrogen (secondary N) is 2. The van der Waals surface area contributed by atoms with E-state index in [1.54, 1.807) is 6.07 Å². The van der Waals surface area contributed by atoms with Crippen LogP contribution >= 0.6 is 11.6 Å². The maximum atomic E-state index is 12.2. The van der Waals surface area contributed by atoms with Gasteiger partial charge >= 0.3 is 0 Å². The Labute approximate surface area is 128 Å². The molecule has 110 valence electrons. The van der Waals surface area contributed by atoms with Crippen molar-refractivity contribution in [2.45, 2.75) is 13.5 Å². The molecular weight excluding hydrogens is 288 g/mol. The zero-order valence-corrected chi connectivity index (χ0v) is 12.4. The van der Waals surface area contributed by atoms with Gasteiger partial charge in [0.1, 0.15) is 5.75 Å². The summed E-state index contributed by atoms with van der Waals surface area (Å²) in [5, 5.41) is 16.2. The Morgan fingerprint density at radius 3 is 2.71 bits per heavy atom. The molecule has 2 aromatic rings. The first-order valence-corrected chi connectivity index (χ1v) is 7.08. The van der Waals surface area contributed by atoms with Gasteiger partial charge in [0.2, 0.25) is 0 Å². The van der Waals surface area contributed by atoms with Crippen molar-refractivity contribution in [1.29, 1.82) is 0 Å². The maximum Gasteiger partial charge on any atom is 0.259 e. The van der Waals surface area contributed by atoms with E-state index in [0.29, 0.717) is 11.6 Å². The van der Waals surface area contributed by atoms with Gasteiger partial charge in [-0.25, -0.2) is 0 Å². The van der Waals surface area contributed by atoms with Gasteiger partial charge in [0, 0.05) is 17.3 Å². The van der Waals surface area contributed by atoms with Gasteiger partial charge in [-0.1, -0.05) is 36.7 Å². The van der Waals surface area contributed by atoms with Crippen LogP contribution in [0.3, 0.4) is 0 Å².